The minimum Gasteiger partial charge on any atom is -0.393 e. The summed E-state index contributed by atoms with van der Waals surface area (Å²) in [4.78, 5) is 5.34. The van der Waals surface area contributed by atoms with Crippen molar-refractivity contribution in [3.05, 3.63) is 0 Å². The number of nitrogens with zero attached hydrogens (tertiary/aromatic N) is 2. The van der Waals surface area contributed by atoms with Gasteiger partial charge in [-0.05, 0) is 114 Å². The molecular formula is C30H52N2O3. The Morgan fingerprint density at radius 3 is 1.94 bits per heavy atom. The van der Waals surface area contributed by atoms with E-state index in [0.717, 1.165) is 64.7 Å². The van der Waals surface area contributed by atoms with E-state index in [9.17, 15) is 15.3 Å². The van der Waals surface area contributed by atoms with Gasteiger partial charge in [0.25, 0.3) is 0 Å². The van der Waals surface area contributed by atoms with Gasteiger partial charge in [0, 0.05) is 23.4 Å². The summed E-state index contributed by atoms with van der Waals surface area (Å²) >= 11 is 0. The van der Waals surface area contributed by atoms with Crippen molar-refractivity contribution >= 4 is 0 Å². The molecule has 200 valence electrons. The van der Waals surface area contributed by atoms with Crippen molar-refractivity contribution in [3.63, 3.8) is 0 Å². The molecule has 2 aliphatic heterocycles. The average Bonchev–Trinajstić information content (AvgIpc) is 3.18. The third kappa shape index (κ3) is 3.43. The van der Waals surface area contributed by atoms with Crippen molar-refractivity contribution in [1.29, 1.82) is 0 Å². The minimum absolute atomic E-state index is 0.0415. The molecule has 5 nitrogen and oxygen atoms in total. The highest BCUT2D eigenvalue weighted by Gasteiger charge is 2.73. The second kappa shape index (κ2) is 8.93. The van der Waals surface area contributed by atoms with Gasteiger partial charge in [0.1, 0.15) is 0 Å². The molecule has 0 radical (unpaired) electrons. The fourth-order valence-corrected chi connectivity index (χ4v) is 11.1. The number of rotatable bonds is 2. The van der Waals surface area contributed by atoms with Crippen molar-refractivity contribution in [2.45, 2.75) is 128 Å². The molecule has 3 N–H and O–H groups in total. The highest BCUT2D eigenvalue weighted by atomic mass is 16.3. The van der Waals surface area contributed by atoms with Crippen LogP contribution in [0.2, 0.25) is 0 Å². The zero-order valence-electron chi connectivity index (χ0n) is 22.7. The van der Waals surface area contributed by atoms with Gasteiger partial charge in [-0.25, -0.2) is 0 Å². The molecule has 0 spiro atoms. The Morgan fingerprint density at radius 2 is 1.31 bits per heavy atom. The molecule has 6 unspecified atom stereocenters. The Hall–Kier alpha value is -0.200. The smallest absolute Gasteiger partial charge is 0.0923 e. The SMILES string of the molecule is CC1C(O)CC(N2CCCCC2)[C@]2(C)[C@@H]3CC[C@]4(C)C(O)CC[C@H]4[C@@H]3CC(N3CCCCC3)C12O. The number of hydrogen-bond acceptors (Lipinski definition) is 5. The van der Waals surface area contributed by atoms with Crippen LogP contribution in [0.25, 0.3) is 0 Å². The molecule has 0 aromatic carbocycles. The molecule has 6 rings (SSSR count). The fourth-order valence-electron chi connectivity index (χ4n) is 11.1. The van der Waals surface area contributed by atoms with Gasteiger partial charge in [0.05, 0.1) is 17.8 Å². The number of aliphatic hydroxyl groups excluding tert-OH is 2. The molecule has 5 heteroatoms. The van der Waals surface area contributed by atoms with Gasteiger partial charge in [-0.3, -0.25) is 9.80 Å². The van der Waals surface area contributed by atoms with Crippen molar-refractivity contribution in [2.75, 3.05) is 26.2 Å². The quantitative estimate of drug-likeness (QED) is 0.547. The highest BCUT2D eigenvalue weighted by Crippen LogP contribution is 2.69. The van der Waals surface area contributed by atoms with E-state index in [4.69, 9.17) is 0 Å². The monoisotopic (exact) mass is 488 g/mol. The van der Waals surface area contributed by atoms with Gasteiger partial charge in [0.15, 0.2) is 0 Å². The summed E-state index contributed by atoms with van der Waals surface area (Å²) in [7, 11) is 0. The summed E-state index contributed by atoms with van der Waals surface area (Å²) in [5.41, 5.74) is -1.07. The lowest BCUT2D eigenvalue weighted by Gasteiger charge is -2.72. The summed E-state index contributed by atoms with van der Waals surface area (Å²) in [5.74, 6) is 1.50. The van der Waals surface area contributed by atoms with Crippen molar-refractivity contribution < 1.29 is 15.3 Å². The van der Waals surface area contributed by atoms with Gasteiger partial charge < -0.3 is 15.3 Å². The van der Waals surface area contributed by atoms with Crippen molar-refractivity contribution in [3.8, 4) is 0 Å². The molecule has 4 aliphatic carbocycles. The van der Waals surface area contributed by atoms with Gasteiger partial charge in [-0.1, -0.05) is 33.6 Å². The topological polar surface area (TPSA) is 67.2 Å². The summed E-state index contributed by atoms with van der Waals surface area (Å²) in [6.07, 6.45) is 13.1. The Bertz CT molecular complexity index is 782. The number of likely N-dealkylation sites (tertiary alicyclic amines) is 2. The van der Waals surface area contributed by atoms with E-state index in [1.165, 1.54) is 38.5 Å². The molecule has 2 saturated heterocycles. The average molecular weight is 489 g/mol. The molecule has 35 heavy (non-hydrogen) atoms. The lowest BCUT2D eigenvalue weighted by Crippen LogP contribution is -2.80. The van der Waals surface area contributed by atoms with Crippen LogP contribution in [0, 0.1) is 34.5 Å². The van der Waals surface area contributed by atoms with Gasteiger partial charge in [-0.2, -0.15) is 0 Å². The van der Waals surface area contributed by atoms with E-state index in [0.29, 0.717) is 17.8 Å². The number of piperidine rings is 2. The van der Waals surface area contributed by atoms with Crippen LogP contribution in [0.1, 0.15) is 97.8 Å². The Kier molecular flexibility index (Phi) is 6.41. The maximum atomic E-state index is 13.2. The lowest BCUT2D eigenvalue weighted by atomic mass is 9.39. The van der Waals surface area contributed by atoms with Crippen molar-refractivity contribution in [1.82, 2.24) is 9.80 Å². The van der Waals surface area contributed by atoms with Gasteiger partial charge in [0.2, 0.25) is 0 Å². The van der Waals surface area contributed by atoms with Gasteiger partial charge in [-0.15, -0.1) is 0 Å². The maximum absolute atomic E-state index is 13.2. The predicted octanol–water partition coefficient (Wildman–Crippen LogP) is 4.04. The van der Waals surface area contributed by atoms with Crippen LogP contribution in [0.4, 0.5) is 0 Å². The van der Waals surface area contributed by atoms with Crippen LogP contribution in [-0.2, 0) is 0 Å². The lowest BCUT2D eigenvalue weighted by molar-refractivity contribution is -0.297. The molecule has 6 aliphatic rings. The third-order valence-corrected chi connectivity index (χ3v) is 13.1. The second-order valence-electron chi connectivity index (χ2n) is 14.2. The minimum atomic E-state index is -0.879. The zero-order chi connectivity index (χ0) is 24.6. The number of aliphatic hydroxyl groups is 3. The summed E-state index contributed by atoms with van der Waals surface area (Å²) in [6, 6.07) is 0.362. The van der Waals surface area contributed by atoms with E-state index >= 15 is 0 Å². The van der Waals surface area contributed by atoms with Crippen molar-refractivity contribution in [2.24, 2.45) is 34.5 Å². The van der Waals surface area contributed by atoms with Crippen LogP contribution in [-0.4, -0.2) is 81.2 Å². The molecular weight excluding hydrogens is 436 g/mol. The molecule has 11 atom stereocenters. The summed E-state index contributed by atoms with van der Waals surface area (Å²) in [6.45, 7) is 11.4. The third-order valence-electron chi connectivity index (χ3n) is 13.1. The van der Waals surface area contributed by atoms with E-state index in [2.05, 4.69) is 30.6 Å². The standard InChI is InChI=1S/C30H52N2O3/c1-20-24(33)19-25(31-14-6-4-7-15-31)29(3)23-12-13-28(2)22(10-11-27(28)34)21(23)18-26(30(20,29)35)32-16-8-5-9-17-32/h20-27,33-35H,4-19H2,1-3H3/t20?,21-,22-,23+,24?,25?,26?,27?,28-,29-,30?/m0/s1. The summed E-state index contributed by atoms with van der Waals surface area (Å²) < 4.78 is 0. The summed E-state index contributed by atoms with van der Waals surface area (Å²) in [5, 5.41) is 35.8. The molecule has 0 aromatic rings. The Morgan fingerprint density at radius 1 is 0.714 bits per heavy atom. The van der Waals surface area contributed by atoms with Crippen LogP contribution < -0.4 is 0 Å². The van der Waals surface area contributed by atoms with Gasteiger partial charge >= 0.3 is 0 Å². The zero-order valence-corrected chi connectivity index (χ0v) is 22.7. The van der Waals surface area contributed by atoms with Crippen LogP contribution in [0.3, 0.4) is 0 Å². The second-order valence-corrected chi connectivity index (χ2v) is 14.2. The fraction of sp³-hybridized carbons (Fsp3) is 1.00. The van der Waals surface area contributed by atoms with Crippen LogP contribution in [0.15, 0.2) is 0 Å². The van der Waals surface area contributed by atoms with E-state index in [-0.39, 0.29) is 34.9 Å². The Balaban J connectivity index is 1.47. The first-order valence-electron chi connectivity index (χ1n) is 15.3. The first-order valence-corrected chi connectivity index (χ1v) is 15.3. The largest absolute Gasteiger partial charge is 0.393 e. The van der Waals surface area contributed by atoms with E-state index in [1.807, 2.05) is 0 Å². The highest BCUT2D eigenvalue weighted by molar-refractivity contribution is 5.24. The number of hydrogen-bond donors (Lipinski definition) is 3. The molecule has 0 aromatic heterocycles. The maximum Gasteiger partial charge on any atom is 0.0923 e. The predicted molar refractivity (Wildman–Crippen MR) is 139 cm³/mol. The first kappa shape index (κ1) is 25.1. The Labute approximate surface area is 213 Å². The first-order chi connectivity index (χ1) is 16.7. The molecule has 6 fully saturated rings. The number of fused-ring (bicyclic) bond motifs is 5. The molecule has 0 amide bonds. The molecule has 0 bridgehead atoms. The normalized spacial score (nSPS) is 55.7. The van der Waals surface area contributed by atoms with Crippen LogP contribution in [0.5, 0.6) is 0 Å². The van der Waals surface area contributed by atoms with Crippen LogP contribution >= 0.6 is 0 Å². The van der Waals surface area contributed by atoms with E-state index in [1.54, 1.807) is 0 Å². The molecule has 2 heterocycles. The van der Waals surface area contributed by atoms with E-state index < -0.39 is 11.7 Å². The molecule has 4 saturated carbocycles.